The minimum absolute atomic E-state index is 0.0866. The van der Waals surface area contributed by atoms with E-state index in [0.29, 0.717) is 12.8 Å². The monoisotopic (exact) mass is 228 g/mol. The molecule has 1 rings (SSSR count). The van der Waals surface area contributed by atoms with Crippen molar-refractivity contribution in [1.82, 2.24) is 10.6 Å². The van der Waals surface area contributed by atoms with E-state index in [1.807, 2.05) is 20.8 Å². The first-order valence-electron chi connectivity index (χ1n) is 5.55. The van der Waals surface area contributed by atoms with Gasteiger partial charge in [-0.05, 0) is 11.8 Å². The van der Waals surface area contributed by atoms with E-state index in [-0.39, 0.29) is 29.9 Å². The molecule has 1 fully saturated rings. The summed E-state index contributed by atoms with van der Waals surface area (Å²) in [6.07, 6.45) is 0.935. The van der Waals surface area contributed by atoms with E-state index in [4.69, 9.17) is 0 Å². The van der Waals surface area contributed by atoms with Crippen LogP contribution in [-0.2, 0) is 9.59 Å². The number of aliphatic hydroxyl groups excluding tert-OH is 1. The molecule has 0 saturated carbocycles. The standard InChI is InChI=1S/C11H20N2O3/c1-11(2,3)8(6-14)13-10(16)7-4-5-9(15)12-7/h7-8,14H,4-6H2,1-3H3,(H,12,15)(H,13,16)/t7-,8-/m1/s1. The van der Waals surface area contributed by atoms with Gasteiger partial charge in [0, 0.05) is 6.42 Å². The first-order valence-corrected chi connectivity index (χ1v) is 5.55. The zero-order valence-corrected chi connectivity index (χ0v) is 10.0. The van der Waals surface area contributed by atoms with Crippen LogP contribution in [-0.4, -0.2) is 35.6 Å². The van der Waals surface area contributed by atoms with Gasteiger partial charge in [-0.3, -0.25) is 9.59 Å². The molecule has 0 radical (unpaired) electrons. The smallest absolute Gasteiger partial charge is 0.242 e. The van der Waals surface area contributed by atoms with Crippen LogP contribution in [0.1, 0.15) is 33.6 Å². The molecule has 0 spiro atoms. The molecule has 0 bridgehead atoms. The van der Waals surface area contributed by atoms with Gasteiger partial charge < -0.3 is 15.7 Å². The van der Waals surface area contributed by atoms with Gasteiger partial charge in [0.25, 0.3) is 0 Å². The zero-order chi connectivity index (χ0) is 12.3. The third kappa shape index (κ3) is 3.20. The van der Waals surface area contributed by atoms with E-state index in [0.717, 1.165) is 0 Å². The van der Waals surface area contributed by atoms with Gasteiger partial charge >= 0.3 is 0 Å². The van der Waals surface area contributed by atoms with Gasteiger partial charge in [-0.25, -0.2) is 0 Å². The molecule has 3 N–H and O–H groups in total. The zero-order valence-electron chi connectivity index (χ0n) is 10.0. The summed E-state index contributed by atoms with van der Waals surface area (Å²) in [5.41, 5.74) is -0.201. The van der Waals surface area contributed by atoms with Gasteiger partial charge in [-0.1, -0.05) is 20.8 Å². The number of carbonyl (C=O) groups is 2. The third-order valence-electron chi connectivity index (χ3n) is 2.86. The van der Waals surface area contributed by atoms with E-state index < -0.39 is 6.04 Å². The number of rotatable bonds is 3. The Kier molecular flexibility index (Phi) is 3.91. The van der Waals surface area contributed by atoms with Crippen molar-refractivity contribution < 1.29 is 14.7 Å². The second-order valence-electron chi connectivity index (χ2n) is 5.27. The lowest BCUT2D eigenvalue weighted by Gasteiger charge is -2.30. The number of amides is 2. The van der Waals surface area contributed by atoms with E-state index in [9.17, 15) is 14.7 Å². The van der Waals surface area contributed by atoms with E-state index in [1.54, 1.807) is 0 Å². The van der Waals surface area contributed by atoms with Gasteiger partial charge in [0.1, 0.15) is 6.04 Å². The van der Waals surface area contributed by atoms with Crippen LogP contribution in [0.4, 0.5) is 0 Å². The molecule has 5 heteroatoms. The summed E-state index contributed by atoms with van der Waals surface area (Å²) in [6, 6.07) is -0.735. The average molecular weight is 228 g/mol. The molecule has 0 aromatic carbocycles. The van der Waals surface area contributed by atoms with Crippen molar-refractivity contribution in [2.45, 2.75) is 45.7 Å². The summed E-state index contributed by atoms with van der Waals surface area (Å²) in [6.45, 7) is 5.74. The van der Waals surface area contributed by atoms with Crippen molar-refractivity contribution in [2.75, 3.05) is 6.61 Å². The number of hydrogen-bond donors (Lipinski definition) is 3. The van der Waals surface area contributed by atoms with Crippen molar-refractivity contribution in [3.8, 4) is 0 Å². The van der Waals surface area contributed by atoms with Crippen molar-refractivity contribution in [1.29, 1.82) is 0 Å². The summed E-state index contributed by atoms with van der Waals surface area (Å²) in [5, 5.41) is 14.6. The lowest BCUT2D eigenvalue weighted by molar-refractivity contribution is -0.127. The fraction of sp³-hybridized carbons (Fsp3) is 0.818. The van der Waals surface area contributed by atoms with Crippen molar-refractivity contribution in [3.63, 3.8) is 0 Å². The largest absolute Gasteiger partial charge is 0.394 e. The van der Waals surface area contributed by atoms with Gasteiger partial charge in [0.2, 0.25) is 11.8 Å². The van der Waals surface area contributed by atoms with Crippen molar-refractivity contribution in [3.05, 3.63) is 0 Å². The lowest BCUT2D eigenvalue weighted by atomic mass is 9.87. The maximum absolute atomic E-state index is 11.8. The van der Waals surface area contributed by atoms with Crippen molar-refractivity contribution >= 4 is 11.8 Å². The molecule has 0 aliphatic carbocycles. The topological polar surface area (TPSA) is 78.4 Å². The summed E-state index contributed by atoms with van der Waals surface area (Å²) in [4.78, 5) is 22.7. The fourth-order valence-corrected chi connectivity index (χ4v) is 1.62. The van der Waals surface area contributed by atoms with Crippen LogP contribution in [0.3, 0.4) is 0 Å². The van der Waals surface area contributed by atoms with Crippen LogP contribution in [0.2, 0.25) is 0 Å². The fourth-order valence-electron chi connectivity index (χ4n) is 1.62. The molecule has 0 unspecified atom stereocenters. The molecule has 2 atom stereocenters. The second kappa shape index (κ2) is 4.82. The molecule has 0 aromatic heterocycles. The molecule has 2 amide bonds. The Bertz CT molecular complexity index is 283. The molecule has 1 aliphatic rings. The predicted molar refractivity (Wildman–Crippen MR) is 59.6 cm³/mol. The number of aliphatic hydroxyl groups is 1. The summed E-state index contributed by atoms with van der Waals surface area (Å²) < 4.78 is 0. The SMILES string of the molecule is CC(C)(C)[C@@H](CO)NC(=O)[C@H]1CCC(=O)N1. The first kappa shape index (κ1) is 13.0. The van der Waals surface area contributed by atoms with Crippen molar-refractivity contribution in [2.24, 2.45) is 5.41 Å². The quantitative estimate of drug-likeness (QED) is 0.625. The number of hydrogen-bond acceptors (Lipinski definition) is 3. The lowest BCUT2D eigenvalue weighted by Crippen LogP contribution is -2.51. The second-order valence-corrected chi connectivity index (χ2v) is 5.27. The molecule has 1 aliphatic heterocycles. The van der Waals surface area contributed by atoms with Gasteiger partial charge in [0.15, 0.2) is 0 Å². The highest BCUT2D eigenvalue weighted by molar-refractivity contribution is 5.90. The Morgan fingerprint density at radius 2 is 2.25 bits per heavy atom. The van der Waals surface area contributed by atoms with Crippen LogP contribution >= 0.6 is 0 Å². The van der Waals surface area contributed by atoms with Crippen LogP contribution < -0.4 is 10.6 Å². The van der Waals surface area contributed by atoms with E-state index in [1.165, 1.54) is 0 Å². The highest BCUT2D eigenvalue weighted by atomic mass is 16.3. The van der Waals surface area contributed by atoms with Crippen LogP contribution in [0.25, 0.3) is 0 Å². The average Bonchev–Trinajstić information content (AvgIpc) is 2.59. The minimum Gasteiger partial charge on any atom is -0.394 e. The highest BCUT2D eigenvalue weighted by Gasteiger charge is 2.31. The summed E-state index contributed by atoms with van der Waals surface area (Å²) >= 11 is 0. The Morgan fingerprint density at radius 3 is 2.62 bits per heavy atom. The molecule has 92 valence electrons. The predicted octanol–water partition coefficient (Wildman–Crippen LogP) is -0.212. The molecule has 16 heavy (non-hydrogen) atoms. The summed E-state index contributed by atoms with van der Waals surface area (Å²) in [7, 11) is 0. The normalized spacial score (nSPS) is 22.8. The Morgan fingerprint density at radius 1 is 1.62 bits per heavy atom. The number of nitrogens with one attached hydrogen (secondary N) is 2. The maximum Gasteiger partial charge on any atom is 0.242 e. The first-order chi connectivity index (χ1) is 7.34. The maximum atomic E-state index is 11.8. The van der Waals surface area contributed by atoms with Crippen LogP contribution in [0.15, 0.2) is 0 Å². The molecular weight excluding hydrogens is 208 g/mol. The third-order valence-corrected chi connectivity index (χ3v) is 2.86. The van der Waals surface area contributed by atoms with E-state index >= 15 is 0 Å². The molecule has 5 nitrogen and oxygen atoms in total. The highest BCUT2D eigenvalue weighted by Crippen LogP contribution is 2.19. The molecular formula is C11H20N2O3. The molecule has 1 saturated heterocycles. The van der Waals surface area contributed by atoms with E-state index in [2.05, 4.69) is 10.6 Å². The van der Waals surface area contributed by atoms with Gasteiger partial charge in [-0.2, -0.15) is 0 Å². The summed E-state index contributed by atoms with van der Waals surface area (Å²) in [5.74, 6) is -0.295. The van der Waals surface area contributed by atoms with Gasteiger partial charge in [0.05, 0.1) is 12.6 Å². The Labute approximate surface area is 95.6 Å². The Balaban J connectivity index is 2.53. The molecule has 0 aromatic rings. The van der Waals surface area contributed by atoms with Crippen LogP contribution in [0.5, 0.6) is 0 Å². The number of carbonyl (C=O) groups excluding carboxylic acids is 2. The minimum atomic E-state index is -0.441. The Hall–Kier alpha value is -1.10. The molecule has 1 heterocycles. The van der Waals surface area contributed by atoms with Crippen LogP contribution in [0, 0.1) is 5.41 Å². The van der Waals surface area contributed by atoms with Gasteiger partial charge in [-0.15, -0.1) is 0 Å².